The van der Waals surface area contributed by atoms with Crippen LogP contribution in [-0.2, 0) is 24.0 Å². The van der Waals surface area contributed by atoms with Crippen LogP contribution in [0.3, 0.4) is 0 Å². The van der Waals surface area contributed by atoms with Gasteiger partial charge in [0.1, 0.15) is 0 Å². The fraction of sp³-hybridized carbons (Fsp3) is 0.542. The first-order chi connectivity index (χ1) is 15.4. The van der Waals surface area contributed by atoms with Gasteiger partial charge in [-0.2, -0.15) is 13.2 Å². The predicted molar refractivity (Wildman–Crippen MR) is 117 cm³/mol. The van der Waals surface area contributed by atoms with Crippen molar-refractivity contribution in [2.24, 2.45) is 0 Å². The largest absolute Gasteiger partial charge is 0.416 e. The van der Waals surface area contributed by atoms with Crippen LogP contribution in [0.1, 0.15) is 55.3 Å². The number of nitrogens with zero attached hydrogens (tertiary/aromatic N) is 2. The number of hydrogen-bond donors (Lipinski definition) is 1. The maximum absolute atomic E-state index is 13.1. The molecule has 5 nitrogen and oxygen atoms in total. The Morgan fingerprint density at radius 1 is 1.19 bits per heavy atom. The van der Waals surface area contributed by atoms with Gasteiger partial charge in [-0.05, 0) is 49.1 Å². The van der Waals surface area contributed by atoms with Crippen LogP contribution in [0.25, 0.3) is 0 Å². The number of halogens is 3. The minimum absolute atomic E-state index is 0.0974. The van der Waals surface area contributed by atoms with Gasteiger partial charge >= 0.3 is 12.2 Å². The van der Waals surface area contributed by atoms with Gasteiger partial charge in [0.15, 0.2) is 0 Å². The molecule has 3 rings (SSSR count). The Morgan fingerprint density at radius 3 is 2.69 bits per heavy atom. The Labute approximate surface area is 187 Å². The molecule has 0 saturated heterocycles. The third-order valence-electron chi connectivity index (χ3n) is 5.88. The number of ether oxygens (including phenoxy) is 1. The first-order valence-electron chi connectivity index (χ1n) is 11.2. The monoisotopic (exact) mass is 451 g/mol. The third kappa shape index (κ3) is 7.02. The lowest BCUT2D eigenvalue weighted by atomic mass is 9.96. The van der Waals surface area contributed by atoms with Gasteiger partial charge in [-0.25, -0.2) is 4.79 Å². The highest BCUT2D eigenvalue weighted by molar-refractivity contribution is 5.74. The van der Waals surface area contributed by atoms with E-state index in [0.29, 0.717) is 38.2 Å². The van der Waals surface area contributed by atoms with Crippen LogP contribution in [0, 0.1) is 0 Å². The van der Waals surface area contributed by atoms with E-state index in [2.05, 4.69) is 5.32 Å². The lowest BCUT2D eigenvalue weighted by Crippen LogP contribution is -2.45. The van der Waals surface area contributed by atoms with Gasteiger partial charge in [0.05, 0.1) is 12.1 Å². The number of carbonyl (C=O) groups is 1. The number of hydrogen-bond acceptors (Lipinski definition) is 2. The van der Waals surface area contributed by atoms with E-state index in [1.165, 1.54) is 18.6 Å². The van der Waals surface area contributed by atoms with Crippen molar-refractivity contribution in [3.05, 3.63) is 59.4 Å². The van der Waals surface area contributed by atoms with Gasteiger partial charge in [-0.15, -0.1) is 0 Å². The zero-order valence-corrected chi connectivity index (χ0v) is 18.5. The van der Waals surface area contributed by atoms with Gasteiger partial charge in [-0.3, -0.25) is 0 Å². The van der Waals surface area contributed by atoms with E-state index >= 15 is 0 Å². The zero-order chi connectivity index (χ0) is 23.0. The normalized spacial score (nSPS) is 15.0. The summed E-state index contributed by atoms with van der Waals surface area (Å²) in [4.78, 5) is 14.8. The summed E-state index contributed by atoms with van der Waals surface area (Å²) in [6, 6.07) is 9.24. The van der Waals surface area contributed by atoms with Crippen LogP contribution in [0.4, 0.5) is 18.0 Å². The van der Waals surface area contributed by atoms with E-state index in [4.69, 9.17) is 4.74 Å². The van der Waals surface area contributed by atoms with Crippen molar-refractivity contribution in [2.45, 2.75) is 63.8 Å². The van der Waals surface area contributed by atoms with E-state index in [1.807, 2.05) is 22.9 Å². The molecule has 2 aromatic rings. The van der Waals surface area contributed by atoms with Crippen molar-refractivity contribution < 1.29 is 22.7 Å². The predicted octanol–water partition coefficient (Wildman–Crippen LogP) is 5.44. The molecule has 176 valence electrons. The Hall–Kier alpha value is -2.48. The van der Waals surface area contributed by atoms with E-state index in [1.54, 1.807) is 18.1 Å². The minimum atomic E-state index is -4.37. The molecule has 32 heavy (non-hydrogen) atoms. The van der Waals surface area contributed by atoms with Crippen molar-refractivity contribution in [3.8, 4) is 0 Å². The van der Waals surface area contributed by atoms with Crippen LogP contribution in [0.15, 0.2) is 42.6 Å². The lowest BCUT2D eigenvalue weighted by molar-refractivity contribution is -0.137. The van der Waals surface area contributed by atoms with Gasteiger partial charge in [0, 0.05) is 44.7 Å². The first kappa shape index (κ1) is 24.2. The highest BCUT2D eigenvalue weighted by Crippen LogP contribution is 2.29. The molecule has 0 bridgehead atoms. The molecule has 1 aromatic heterocycles. The van der Waals surface area contributed by atoms with Gasteiger partial charge < -0.3 is 19.5 Å². The smallest absolute Gasteiger partial charge is 0.385 e. The number of rotatable bonds is 9. The summed E-state index contributed by atoms with van der Waals surface area (Å²) in [6.07, 6.45) is 3.67. The number of carbonyl (C=O) groups excluding carboxylic acids is 1. The molecule has 0 radical (unpaired) electrons. The highest BCUT2D eigenvalue weighted by atomic mass is 19.4. The molecular weight excluding hydrogens is 419 g/mol. The fourth-order valence-corrected chi connectivity index (χ4v) is 4.15. The maximum Gasteiger partial charge on any atom is 0.416 e. The van der Waals surface area contributed by atoms with E-state index < -0.39 is 11.7 Å². The number of methoxy groups -OCH3 is 1. The minimum Gasteiger partial charge on any atom is -0.385 e. The first-order valence-corrected chi connectivity index (χ1v) is 11.2. The van der Waals surface area contributed by atoms with Crippen molar-refractivity contribution >= 4 is 6.03 Å². The summed E-state index contributed by atoms with van der Waals surface area (Å²) < 4.78 is 46.2. The Bertz CT molecular complexity index is 860. The van der Waals surface area contributed by atoms with Crippen LogP contribution in [-0.4, -0.2) is 41.8 Å². The molecule has 8 heteroatoms. The Morgan fingerprint density at radius 2 is 1.97 bits per heavy atom. The molecular formula is C24H32F3N3O2. The topological polar surface area (TPSA) is 46.5 Å². The lowest BCUT2D eigenvalue weighted by Gasteiger charge is -2.29. The van der Waals surface area contributed by atoms with Crippen LogP contribution < -0.4 is 5.32 Å². The van der Waals surface area contributed by atoms with E-state index in [-0.39, 0.29) is 12.1 Å². The van der Waals surface area contributed by atoms with Crippen molar-refractivity contribution in [1.82, 2.24) is 14.8 Å². The number of benzene rings is 1. The number of nitrogens with one attached hydrogen (secondary N) is 1. The molecule has 0 atom stereocenters. The van der Waals surface area contributed by atoms with E-state index in [9.17, 15) is 18.0 Å². The van der Waals surface area contributed by atoms with Crippen LogP contribution >= 0.6 is 0 Å². The summed E-state index contributed by atoms with van der Waals surface area (Å²) in [5.74, 6) is 0. The van der Waals surface area contributed by atoms with Gasteiger partial charge in [-0.1, -0.05) is 31.4 Å². The van der Waals surface area contributed by atoms with Gasteiger partial charge in [0.2, 0.25) is 0 Å². The second kappa shape index (κ2) is 11.4. The standard InChI is InChI=1S/C24H32F3N3O2/c1-32-15-7-14-30(23(31)28-21-10-3-2-4-11-21)18-22-12-6-13-29(22)17-19-8-5-9-20(16-19)24(25,26)27/h5-6,8-9,12-13,16,21H,2-4,7,10-11,14-15,17-18H2,1H3,(H,28,31). The highest BCUT2D eigenvalue weighted by Gasteiger charge is 2.30. The number of amides is 2. The number of urea groups is 1. The molecule has 1 saturated carbocycles. The quantitative estimate of drug-likeness (QED) is 0.517. The molecule has 1 N–H and O–H groups in total. The average Bonchev–Trinajstić information content (AvgIpc) is 3.20. The summed E-state index contributed by atoms with van der Waals surface area (Å²) in [7, 11) is 1.63. The number of alkyl halides is 3. The Kier molecular flexibility index (Phi) is 8.61. The SMILES string of the molecule is COCCCN(Cc1cccn1Cc1cccc(C(F)(F)F)c1)C(=O)NC1CCCCC1. The molecule has 2 amide bonds. The van der Waals surface area contributed by atoms with Crippen molar-refractivity contribution in [1.29, 1.82) is 0 Å². The molecule has 1 aliphatic rings. The van der Waals surface area contributed by atoms with E-state index in [0.717, 1.165) is 37.4 Å². The van der Waals surface area contributed by atoms with Crippen molar-refractivity contribution in [2.75, 3.05) is 20.3 Å². The summed E-state index contributed by atoms with van der Waals surface area (Å²) in [5, 5.41) is 3.16. The molecule has 0 aliphatic heterocycles. The molecule has 1 aromatic carbocycles. The zero-order valence-electron chi connectivity index (χ0n) is 18.5. The number of aromatic nitrogens is 1. The Balaban J connectivity index is 1.70. The second-order valence-electron chi connectivity index (χ2n) is 8.38. The third-order valence-corrected chi connectivity index (χ3v) is 5.88. The maximum atomic E-state index is 13.1. The molecule has 1 heterocycles. The average molecular weight is 452 g/mol. The second-order valence-corrected chi connectivity index (χ2v) is 8.38. The molecule has 1 fully saturated rings. The van der Waals surface area contributed by atoms with Crippen molar-refractivity contribution in [3.63, 3.8) is 0 Å². The molecule has 0 spiro atoms. The van der Waals surface area contributed by atoms with Crippen LogP contribution in [0.5, 0.6) is 0 Å². The van der Waals surface area contributed by atoms with Crippen LogP contribution in [0.2, 0.25) is 0 Å². The summed E-state index contributed by atoms with van der Waals surface area (Å²) in [6.45, 7) is 1.79. The fourth-order valence-electron chi connectivity index (χ4n) is 4.15. The van der Waals surface area contributed by atoms with Gasteiger partial charge in [0.25, 0.3) is 0 Å². The summed E-state index contributed by atoms with van der Waals surface area (Å²) in [5.41, 5.74) is 0.783. The molecule has 0 unspecified atom stereocenters. The summed E-state index contributed by atoms with van der Waals surface area (Å²) >= 11 is 0. The molecule has 1 aliphatic carbocycles.